The number of methoxy groups -OCH3 is 1. The number of anilines is 1. The van der Waals surface area contributed by atoms with Crippen LogP contribution in [0.2, 0.25) is 0 Å². The summed E-state index contributed by atoms with van der Waals surface area (Å²) in [6, 6.07) is 10.9. The zero-order chi connectivity index (χ0) is 20.8. The Balaban J connectivity index is 1.89. The summed E-state index contributed by atoms with van der Waals surface area (Å²) in [7, 11) is 1.57. The van der Waals surface area contributed by atoms with E-state index in [0.717, 1.165) is 5.56 Å². The Hall–Kier alpha value is -2.87. The van der Waals surface area contributed by atoms with Gasteiger partial charge in [-0.3, -0.25) is 9.69 Å². The highest BCUT2D eigenvalue weighted by Gasteiger charge is 2.60. The monoisotopic (exact) mass is 416 g/mol. The van der Waals surface area contributed by atoms with E-state index in [-0.39, 0.29) is 6.61 Å². The third-order valence-corrected chi connectivity index (χ3v) is 5.61. The molecule has 152 valence electrons. The van der Waals surface area contributed by atoms with Crippen molar-refractivity contribution in [2.45, 2.75) is 25.6 Å². The summed E-state index contributed by atoms with van der Waals surface area (Å²) < 4.78 is 31.0. The molecule has 0 unspecified atom stereocenters. The van der Waals surface area contributed by atoms with Gasteiger partial charge in [0.05, 0.1) is 19.8 Å². The Labute approximate surface area is 173 Å². The molecule has 1 N–H and O–H groups in total. The zero-order valence-corrected chi connectivity index (χ0v) is 17.1. The average molecular weight is 416 g/mol. The van der Waals surface area contributed by atoms with Gasteiger partial charge in [0, 0.05) is 11.3 Å². The molecular weight excluding hydrogens is 395 g/mol. The quantitative estimate of drug-likeness (QED) is 0.604. The van der Waals surface area contributed by atoms with Gasteiger partial charge in [-0.15, -0.1) is 0 Å². The molecule has 1 saturated heterocycles. The fourth-order valence-electron chi connectivity index (χ4n) is 4.09. The van der Waals surface area contributed by atoms with Crippen LogP contribution in [0.4, 0.5) is 10.1 Å². The summed E-state index contributed by atoms with van der Waals surface area (Å²) in [6.45, 7) is 3.75. The molecule has 1 fully saturated rings. The SMILES string of the molecule is CCOC(=O)[C@H]1[C@H]2NC(=S)N(c3cccc(F)c3)[C@@]1(C)Oc1ccc(OC)cc12. The maximum atomic E-state index is 14.0. The summed E-state index contributed by atoms with van der Waals surface area (Å²) in [5.41, 5.74) is 0.0186. The number of carbonyl (C=O) groups excluding carboxylic acids is 1. The minimum atomic E-state index is -1.21. The van der Waals surface area contributed by atoms with Gasteiger partial charge in [0.1, 0.15) is 23.2 Å². The number of halogens is 1. The van der Waals surface area contributed by atoms with Crippen molar-refractivity contribution in [2.24, 2.45) is 5.92 Å². The van der Waals surface area contributed by atoms with E-state index >= 15 is 0 Å². The fraction of sp³-hybridized carbons (Fsp3) is 0.333. The molecule has 29 heavy (non-hydrogen) atoms. The number of nitrogens with zero attached hydrogens (tertiary/aromatic N) is 1. The lowest BCUT2D eigenvalue weighted by molar-refractivity contribution is -0.159. The molecule has 8 heteroatoms. The summed E-state index contributed by atoms with van der Waals surface area (Å²) in [5.74, 6) is -0.361. The lowest BCUT2D eigenvalue weighted by atomic mass is 9.79. The third kappa shape index (κ3) is 3.07. The van der Waals surface area contributed by atoms with Gasteiger partial charge in [-0.05, 0) is 62.5 Å². The van der Waals surface area contributed by atoms with E-state index in [1.165, 1.54) is 12.1 Å². The first-order valence-electron chi connectivity index (χ1n) is 9.29. The van der Waals surface area contributed by atoms with Gasteiger partial charge in [0.2, 0.25) is 5.72 Å². The van der Waals surface area contributed by atoms with E-state index in [9.17, 15) is 9.18 Å². The Morgan fingerprint density at radius 3 is 2.83 bits per heavy atom. The minimum Gasteiger partial charge on any atom is -0.497 e. The van der Waals surface area contributed by atoms with Crippen LogP contribution in [0.15, 0.2) is 42.5 Å². The molecule has 0 spiro atoms. The molecule has 2 heterocycles. The maximum absolute atomic E-state index is 14.0. The summed E-state index contributed by atoms with van der Waals surface area (Å²) in [4.78, 5) is 14.6. The topological polar surface area (TPSA) is 60.0 Å². The molecule has 2 aromatic carbocycles. The van der Waals surface area contributed by atoms with Crippen molar-refractivity contribution < 1.29 is 23.4 Å². The van der Waals surface area contributed by atoms with E-state index in [4.69, 9.17) is 26.4 Å². The molecule has 2 aromatic rings. The van der Waals surface area contributed by atoms with Crippen LogP contribution in [-0.2, 0) is 9.53 Å². The number of hydrogen-bond acceptors (Lipinski definition) is 5. The molecule has 6 nitrogen and oxygen atoms in total. The Kier molecular flexibility index (Phi) is 4.82. The lowest BCUT2D eigenvalue weighted by Crippen LogP contribution is -2.71. The van der Waals surface area contributed by atoms with Crippen molar-refractivity contribution >= 4 is 29.0 Å². The van der Waals surface area contributed by atoms with Gasteiger partial charge >= 0.3 is 5.97 Å². The summed E-state index contributed by atoms with van der Waals surface area (Å²) in [6.07, 6.45) is 0. The first-order chi connectivity index (χ1) is 13.9. The number of benzene rings is 2. The van der Waals surface area contributed by atoms with Crippen LogP contribution in [-0.4, -0.2) is 30.5 Å². The molecule has 3 atom stereocenters. The summed E-state index contributed by atoms with van der Waals surface area (Å²) >= 11 is 5.60. The van der Waals surface area contributed by atoms with Gasteiger partial charge in [0.15, 0.2) is 5.11 Å². The van der Waals surface area contributed by atoms with Crippen LogP contribution in [0.5, 0.6) is 11.5 Å². The molecular formula is C21H21FN2O4S. The Bertz CT molecular complexity index is 985. The number of thiocarbonyl (C=S) groups is 1. The standard InChI is InChI=1S/C21H21FN2O4S/c1-4-27-19(25)17-18-15-11-14(26-3)8-9-16(15)28-21(17,2)24(20(29)23-18)13-7-5-6-12(22)10-13/h5-11,17-18H,4H2,1-3H3,(H,23,29)/t17-,18+,21+/m1/s1. The molecule has 0 saturated carbocycles. The molecule has 0 aliphatic carbocycles. The van der Waals surface area contributed by atoms with Crippen LogP contribution in [0, 0.1) is 11.7 Å². The fourth-order valence-corrected chi connectivity index (χ4v) is 4.50. The van der Waals surface area contributed by atoms with Gasteiger partial charge < -0.3 is 19.5 Å². The molecule has 2 bridgehead atoms. The Morgan fingerprint density at radius 1 is 1.34 bits per heavy atom. The van der Waals surface area contributed by atoms with Crippen molar-refractivity contribution in [1.29, 1.82) is 0 Å². The minimum absolute atomic E-state index is 0.230. The summed E-state index contributed by atoms with van der Waals surface area (Å²) in [5, 5.41) is 3.57. The largest absolute Gasteiger partial charge is 0.497 e. The van der Waals surface area contributed by atoms with Gasteiger partial charge in [-0.1, -0.05) is 6.07 Å². The van der Waals surface area contributed by atoms with Gasteiger partial charge in [-0.2, -0.15) is 0 Å². The van der Waals surface area contributed by atoms with E-state index < -0.39 is 29.5 Å². The Morgan fingerprint density at radius 2 is 2.14 bits per heavy atom. The smallest absolute Gasteiger partial charge is 0.317 e. The predicted molar refractivity (Wildman–Crippen MR) is 110 cm³/mol. The van der Waals surface area contributed by atoms with Gasteiger partial charge in [-0.25, -0.2) is 4.39 Å². The van der Waals surface area contributed by atoms with Crippen LogP contribution in [0.25, 0.3) is 0 Å². The zero-order valence-electron chi connectivity index (χ0n) is 16.3. The first kappa shape index (κ1) is 19.4. The predicted octanol–water partition coefficient (Wildman–Crippen LogP) is 3.56. The molecule has 0 radical (unpaired) electrons. The highest BCUT2D eigenvalue weighted by molar-refractivity contribution is 7.80. The second kappa shape index (κ2) is 7.18. The molecule has 4 rings (SSSR count). The van der Waals surface area contributed by atoms with E-state index in [2.05, 4.69) is 5.32 Å². The van der Waals surface area contributed by atoms with Crippen molar-refractivity contribution in [2.75, 3.05) is 18.6 Å². The molecule has 2 aliphatic heterocycles. The van der Waals surface area contributed by atoms with Crippen LogP contribution in [0.1, 0.15) is 25.5 Å². The maximum Gasteiger partial charge on any atom is 0.317 e. The lowest BCUT2D eigenvalue weighted by Gasteiger charge is -2.55. The number of hydrogen-bond donors (Lipinski definition) is 1. The van der Waals surface area contributed by atoms with Gasteiger partial charge in [0.25, 0.3) is 0 Å². The highest BCUT2D eigenvalue weighted by Crippen LogP contribution is 2.50. The van der Waals surface area contributed by atoms with Crippen LogP contribution in [0.3, 0.4) is 0 Å². The first-order valence-corrected chi connectivity index (χ1v) is 9.69. The number of ether oxygens (including phenoxy) is 3. The van der Waals surface area contributed by atoms with Crippen molar-refractivity contribution in [1.82, 2.24) is 5.32 Å². The molecule has 0 aromatic heterocycles. The highest BCUT2D eigenvalue weighted by atomic mass is 32.1. The normalized spacial score (nSPS) is 24.8. The van der Waals surface area contributed by atoms with Crippen LogP contribution >= 0.6 is 12.2 Å². The van der Waals surface area contributed by atoms with E-state index in [0.29, 0.717) is 22.3 Å². The second-order valence-electron chi connectivity index (χ2n) is 7.03. The number of nitrogens with one attached hydrogen (secondary N) is 1. The number of rotatable bonds is 4. The number of fused-ring (bicyclic) bond motifs is 4. The molecule has 0 amide bonds. The second-order valence-corrected chi connectivity index (χ2v) is 7.42. The van der Waals surface area contributed by atoms with Crippen molar-refractivity contribution in [3.8, 4) is 11.5 Å². The molecule has 2 aliphatic rings. The van der Waals surface area contributed by atoms with Crippen molar-refractivity contribution in [3.63, 3.8) is 0 Å². The van der Waals surface area contributed by atoms with E-state index in [1.54, 1.807) is 50.1 Å². The number of carbonyl (C=O) groups is 1. The van der Waals surface area contributed by atoms with Crippen molar-refractivity contribution in [3.05, 3.63) is 53.8 Å². The average Bonchev–Trinajstić information content (AvgIpc) is 2.67. The number of esters is 1. The van der Waals surface area contributed by atoms with Crippen LogP contribution < -0.4 is 19.7 Å². The van der Waals surface area contributed by atoms with E-state index in [1.807, 2.05) is 6.07 Å². The third-order valence-electron chi connectivity index (χ3n) is 5.31.